The lowest BCUT2D eigenvalue weighted by molar-refractivity contribution is -0.121. The van der Waals surface area contributed by atoms with Crippen molar-refractivity contribution in [2.75, 3.05) is 24.2 Å². The van der Waals surface area contributed by atoms with Crippen LogP contribution < -0.4 is 16.0 Å². The van der Waals surface area contributed by atoms with Gasteiger partial charge in [-0.2, -0.15) is 5.26 Å². The van der Waals surface area contributed by atoms with E-state index in [2.05, 4.69) is 5.32 Å². The third kappa shape index (κ3) is 2.09. The summed E-state index contributed by atoms with van der Waals surface area (Å²) in [6, 6.07) is 7.20. The van der Waals surface area contributed by atoms with E-state index < -0.39 is 0 Å². The van der Waals surface area contributed by atoms with Crippen molar-refractivity contribution in [3.63, 3.8) is 0 Å². The number of nitrogens with zero attached hydrogens (tertiary/aromatic N) is 2. The van der Waals surface area contributed by atoms with Gasteiger partial charge in [0.2, 0.25) is 5.91 Å². The largest absolute Gasteiger partial charge is 0.398 e. The zero-order valence-electron chi connectivity index (χ0n) is 10.3. The van der Waals surface area contributed by atoms with E-state index in [0.29, 0.717) is 11.3 Å². The number of benzene rings is 1. The second-order valence-corrected chi connectivity index (χ2v) is 4.35. The number of likely N-dealkylation sites (N-methyl/N-ethyl adjacent to an activating group) is 1. The second kappa shape index (κ2) is 4.96. The van der Waals surface area contributed by atoms with Crippen LogP contribution in [0.5, 0.6) is 0 Å². The van der Waals surface area contributed by atoms with E-state index in [4.69, 9.17) is 11.0 Å². The predicted octanol–water partition coefficient (Wildman–Crippen LogP) is 0.855. The molecule has 1 aliphatic heterocycles. The number of nitrogens with one attached hydrogen (secondary N) is 1. The number of carbonyl (C=O) groups is 1. The highest BCUT2D eigenvalue weighted by atomic mass is 16.2. The van der Waals surface area contributed by atoms with Crippen molar-refractivity contribution in [1.82, 2.24) is 5.32 Å². The van der Waals surface area contributed by atoms with Crippen LogP contribution in [-0.4, -0.2) is 25.5 Å². The third-order valence-electron chi connectivity index (χ3n) is 3.29. The van der Waals surface area contributed by atoms with E-state index in [0.717, 1.165) is 25.1 Å². The van der Waals surface area contributed by atoms with Gasteiger partial charge < -0.3 is 16.0 Å². The van der Waals surface area contributed by atoms with E-state index in [1.54, 1.807) is 19.2 Å². The Kier molecular flexibility index (Phi) is 3.38. The molecular weight excluding hydrogens is 228 g/mol. The molecule has 18 heavy (non-hydrogen) atoms. The topological polar surface area (TPSA) is 82.2 Å². The second-order valence-electron chi connectivity index (χ2n) is 4.35. The van der Waals surface area contributed by atoms with Crippen LogP contribution in [0.3, 0.4) is 0 Å². The van der Waals surface area contributed by atoms with E-state index in [9.17, 15) is 4.79 Å². The van der Waals surface area contributed by atoms with Crippen LogP contribution in [0.15, 0.2) is 18.2 Å². The maximum absolute atomic E-state index is 11.8. The van der Waals surface area contributed by atoms with Gasteiger partial charge in [-0.05, 0) is 31.0 Å². The molecule has 0 radical (unpaired) electrons. The molecule has 2 rings (SSSR count). The highest BCUT2D eigenvalue weighted by molar-refractivity contribution is 5.86. The number of nitrogens with two attached hydrogens (primary N) is 1. The molecule has 5 heteroatoms. The monoisotopic (exact) mass is 244 g/mol. The number of nitrogen functional groups attached to an aromatic ring is 1. The van der Waals surface area contributed by atoms with Gasteiger partial charge in [-0.3, -0.25) is 4.79 Å². The fourth-order valence-corrected chi connectivity index (χ4v) is 2.35. The quantitative estimate of drug-likeness (QED) is 0.756. The molecule has 1 saturated heterocycles. The van der Waals surface area contributed by atoms with Gasteiger partial charge in [0.25, 0.3) is 0 Å². The average molecular weight is 244 g/mol. The summed E-state index contributed by atoms with van der Waals surface area (Å²) in [7, 11) is 1.64. The smallest absolute Gasteiger partial charge is 0.242 e. The molecule has 0 saturated carbocycles. The van der Waals surface area contributed by atoms with E-state index >= 15 is 0 Å². The molecule has 94 valence electrons. The van der Waals surface area contributed by atoms with Crippen LogP contribution in [0, 0.1) is 11.3 Å². The number of rotatable bonds is 2. The zero-order chi connectivity index (χ0) is 13.1. The first-order valence-electron chi connectivity index (χ1n) is 5.95. The molecule has 1 aromatic rings. The maximum Gasteiger partial charge on any atom is 0.242 e. The summed E-state index contributed by atoms with van der Waals surface area (Å²) in [5.41, 5.74) is 7.63. The molecule has 1 aromatic carbocycles. The Labute approximate surface area is 106 Å². The predicted molar refractivity (Wildman–Crippen MR) is 70.0 cm³/mol. The van der Waals surface area contributed by atoms with Gasteiger partial charge in [-0.1, -0.05) is 0 Å². The van der Waals surface area contributed by atoms with Crippen LogP contribution in [0.1, 0.15) is 18.4 Å². The molecule has 0 aromatic heterocycles. The van der Waals surface area contributed by atoms with Gasteiger partial charge in [0, 0.05) is 19.3 Å². The van der Waals surface area contributed by atoms with Crippen LogP contribution in [-0.2, 0) is 4.79 Å². The molecule has 1 unspecified atom stereocenters. The first-order valence-corrected chi connectivity index (χ1v) is 5.95. The SMILES string of the molecule is CNC(=O)C1CCCN1c1ccc(C#N)c(N)c1. The standard InChI is InChI=1S/C13H16N4O/c1-16-13(18)12-3-2-6-17(12)10-5-4-9(8-14)11(15)7-10/h4-5,7,12H,2-3,6,15H2,1H3,(H,16,18). The Morgan fingerprint density at radius 3 is 3.00 bits per heavy atom. The van der Waals surface area contributed by atoms with Gasteiger partial charge in [0.05, 0.1) is 11.3 Å². The van der Waals surface area contributed by atoms with Crippen LogP contribution >= 0.6 is 0 Å². The zero-order valence-corrected chi connectivity index (χ0v) is 10.3. The molecule has 5 nitrogen and oxygen atoms in total. The Hall–Kier alpha value is -2.22. The minimum Gasteiger partial charge on any atom is -0.398 e. The summed E-state index contributed by atoms with van der Waals surface area (Å²) < 4.78 is 0. The minimum absolute atomic E-state index is 0.0235. The van der Waals surface area contributed by atoms with Crippen molar-refractivity contribution >= 4 is 17.3 Å². The van der Waals surface area contributed by atoms with Gasteiger partial charge in [0.15, 0.2) is 0 Å². The number of anilines is 2. The van der Waals surface area contributed by atoms with E-state index in [-0.39, 0.29) is 11.9 Å². The number of nitriles is 1. The van der Waals surface area contributed by atoms with Crippen LogP contribution in [0.4, 0.5) is 11.4 Å². The molecule has 1 amide bonds. The lowest BCUT2D eigenvalue weighted by Crippen LogP contribution is -2.42. The van der Waals surface area contributed by atoms with Crippen molar-refractivity contribution in [1.29, 1.82) is 5.26 Å². The number of carbonyl (C=O) groups excluding carboxylic acids is 1. The maximum atomic E-state index is 11.8. The molecule has 3 N–H and O–H groups in total. The van der Waals surface area contributed by atoms with Crippen LogP contribution in [0.2, 0.25) is 0 Å². The molecule has 1 atom stereocenters. The fourth-order valence-electron chi connectivity index (χ4n) is 2.35. The van der Waals surface area contributed by atoms with Crippen molar-refractivity contribution in [3.05, 3.63) is 23.8 Å². The summed E-state index contributed by atoms with van der Waals surface area (Å²) in [4.78, 5) is 13.8. The van der Waals surface area contributed by atoms with Gasteiger partial charge >= 0.3 is 0 Å². The number of hydrogen-bond acceptors (Lipinski definition) is 4. The number of amides is 1. The third-order valence-corrected chi connectivity index (χ3v) is 3.29. The van der Waals surface area contributed by atoms with Crippen molar-refractivity contribution in [3.8, 4) is 6.07 Å². The molecule has 1 fully saturated rings. The minimum atomic E-state index is -0.137. The summed E-state index contributed by atoms with van der Waals surface area (Å²) >= 11 is 0. The van der Waals surface area contributed by atoms with E-state index in [1.165, 1.54) is 0 Å². The highest BCUT2D eigenvalue weighted by Crippen LogP contribution is 2.28. The first kappa shape index (κ1) is 12.2. The summed E-state index contributed by atoms with van der Waals surface area (Å²) in [6.07, 6.45) is 1.83. The molecule has 0 bridgehead atoms. The molecule has 1 heterocycles. The van der Waals surface area contributed by atoms with E-state index in [1.807, 2.05) is 17.0 Å². The van der Waals surface area contributed by atoms with Gasteiger partial charge in [-0.25, -0.2) is 0 Å². The van der Waals surface area contributed by atoms with Crippen molar-refractivity contribution in [2.45, 2.75) is 18.9 Å². The first-order chi connectivity index (χ1) is 8.67. The fraction of sp³-hybridized carbons (Fsp3) is 0.385. The Bertz CT molecular complexity index is 506. The van der Waals surface area contributed by atoms with Crippen molar-refractivity contribution < 1.29 is 4.79 Å². The van der Waals surface area contributed by atoms with Crippen LogP contribution in [0.25, 0.3) is 0 Å². The summed E-state index contributed by atoms with van der Waals surface area (Å²) in [6.45, 7) is 0.837. The lowest BCUT2D eigenvalue weighted by Gasteiger charge is -2.25. The number of hydrogen-bond donors (Lipinski definition) is 2. The van der Waals surface area contributed by atoms with Crippen molar-refractivity contribution in [2.24, 2.45) is 0 Å². The Morgan fingerprint density at radius 1 is 1.61 bits per heavy atom. The average Bonchev–Trinajstić information content (AvgIpc) is 2.86. The molecular formula is C13H16N4O. The van der Waals surface area contributed by atoms with Gasteiger partial charge in [-0.15, -0.1) is 0 Å². The normalized spacial score (nSPS) is 18.4. The Morgan fingerprint density at radius 2 is 2.39 bits per heavy atom. The Balaban J connectivity index is 2.28. The summed E-state index contributed by atoms with van der Waals surface area (Å²) in [5.74, 6) is 0.0235. The lowest BCUT2D eigenvalue weighted by atomic mass is 10.1. The summed E-state index contributed by atoms with van der Waals surface area (Å²) in [5, 5.41) is 11.5. The highest BCUT2D eigenvalue weighted by Gasteiger charge is 2.30. The molecule has 0 spiro atoms. The van der Waals surface area contributed by atoms with Gasteiger partial charge in [0.1, 0.15) is 12.1 Å². The molecule has 0 aliphatic carbocycles. The molecule has 1 aliphatic rings.